The van der Waals surface area contributed by atoms with E-state index < -0.39 is 11.7 Å². The van der Waals surface area contributed by atoms with Crippen LogP contribution in [-0.4, -0.2) is 18.7 Å². The second-order valence-corrected chi connectivity index (χ2v) is 4.64. The van der Waals surface area contributed by atoms with Gasteiger partial charge in [-0.1, -0.05) is 36.8 Å². The summed E-state index contributed by atoms with van der Waals surface area (Å²) in [6.45, 7) is 6.39. The van der Waals surface area contributed by atoms with Gasteiger partial charge < -0.3 is 9.47 Å². The Hall–Kier alpha value is -1.35. The van der Waals surface area contributed by atoms with Crippen molar-refractivity contribution in [3.8, 4) is 0 Å². The lowest BCUT2D eigenvalue weighted by Gasteiger charge is -2.07. The number of aryl methyl sites for hydroxylation is 1. The fourth-order valence-electron chi connectivity index (χ4n) is 1.87. The van der Waals surface area contributed by atoms with Gasteiger partial charge in [0, 0.05) is 0 Å². The summed E-state index contributed by atoms with van der Waals surface area (Å²) < 4.78 is 10.6. The van der Waals surface area contributed by atoms with Crippen LogP contribution in [0.5, 0.6) is 0 Å². The van der Waals surface area contributed by atoms with E-state index in [1.54, 1.807) is 0 Å². The Morgan fingerprint density at radius 2 is 2.06 bits per heavy atom. The number of ether oxygens (including phenoxy) is 2. The average Bonchev–Trinajstić information content (AvgIpc) is 3.01. The van der Waals surface area contributed by atoms with Crippen LogP contribution >= 0.6 is 0 Å². The number of benzene rings is 1. The van der Waals surface area contributed by atoms with E-state index in [-0.39, 0.29) is 5.97 Å². The molecule has 0 spiro atoms. The summed E-state index contributed by atoms with van der Waals surface area (Å²) in [7, 11) is 0. The third kappa shape index (κ3) is 2.34. The summed E-state index contributed by atoms with van der Waals surface area (Å²) in [5, 5.41) is 0. The Kier molecular flexibility index (Phi) is 3.20. The highest BCUT2D eigenvalue weighted by Gasteiger charge is 2.59. The highest BCUT2D eigenvalue weighted by molar-refractivity contribution is 5.79. The van der Waals surface area contributed by atoms with Gasteiger partial charge in [0.25, 0.3) is 0 Å². The number of carbonyl (C=O) groups excluding carboxylic acids is 1. The zero-order valence-corrected chi connectivity index (χ0v) is 10.5. The molecule has 1 aromatic carbocycles. The molecule has 17 heavy (non-hydrogen) atoms. The highest BCUT2D eigenvalue weighted by atomic mass is 16.7. The van der Waals surface area contributed by atoms with Crippen molar-refractivity contribution in [2.45, 2.75) is 38.9 Å². The second kappa shape index (κ2) is 4.49. The number of carbonyl (C=O) groups is 1. The zero-order valence-electron chi connectivity index (χ0n) is 10.5. The molecule has 1 aliphatic rings. The Bertz CT molecular complexity index is 410. The molecule has 3 nitrogen and oxygen atoms in total. The van der Waals surface area contributed by atoms with E-state index in [1.165, 1.54) is 5.56 Å². The molecule has 0 N–H and O–H groups in total. The van der Waals surface area contributed by atoms with E-state index in [9.17, 15) is 4.79 Å². The summed E-state index contributed by atoms with van der Waals surface area (Å²) in [4.78, 5) is 11.7. The van der Waals surface area contributed by atoms with E-state index >= 15 is 0 Å². The molecule has 1 saturated heterocycles. The Labute approximate surface area is 102 Å². The monoisotopic (exact) mass is 234 g/mol. The third-order valence-electron chi connectivity index (χ3n) is 3.09. The molecule has 1 fully saturated rings. The maximum Gasteiger partial charge on any atom is 0.338 e. The molecule has 1 aromatic rings. The van der Waals surface area contributed by atoms with E-state index in [2.05, 4.69) is 0 Å². The smallest absolute Gasteiger partial charge is 0.338 e. The van der Waals surface area contributed by atoms with Crippen molar-refractivity contribution in [3.05, 3.63) is 35.4 Å². The number of esters is 1. The average molecular weight is 234 g/mol. The van der Waals surface area contributed by atoms with Crippen molar-refractivity contribution in [1.82, 2.24) is 0 Å². The van der Waals surface area contributed by atoms with Crippen LogP contribution in [0.1, 0.15) is 31.4 Å². The quantitative estimate of drug-likeness (QED) is 0.593. The fourth-order valence-corrected chi connectivity index (χ4v) is 1.87. The van der Waals surface area contributed by atoms with Crippen LogP contribution in [0.4, 0.5) is 0 Å². The third-order valence-corrected chi connectivity index (χ3v) is 3.09. The van der Waals surface area contributed by atoms with Gasteiger partial charge in [-0.2, -0.15) is 0 Å². The molecule has 0 amide bonds. The molecule has 2 rings (SSSR count). The minimum Gasteiger partial charge on any atom is -0.464 e. The van der Waals surface area contributed by atoms with E-state index in [0.29, 0.717) is 6.61 Å². The molecule has 0 radical (unpaired) electrons. The topological polar surface area (TPSA) is 38.8 Å². The van der Waals surface area contributed by atoms with Gasteiger partial charge in [-0.15, -0.1) is 0 Å². The van der Waals surface area contributed by atoms with Crippen molar-refractivity contribution in [2.75, 3.05) is 6.61 Å². The van der Waals surface area contributed by atoms with Gasteiger partial charge in [-0.3, -0.25) is 0 Å². The SMILES string of the molecule is CCCOC(=O)[C@@H]1O[C@@]1(C)c1ccc(C)cc1. The summed E-state index contributed by atoms with van der Waals surface area (Å²) >= 11 is 0. The van der Waals surface area contributed by atoms with Crippen molar-refractivity contribution in [2.24, 2.45) is 0 Å². The van der Waals surface area contributed by atoms with Gasteiger partial charge in [0.2, 0.25) is 0 Å². The summed E-state index contributed by atoms with van der Waals surface area (Å²) in [5.74, 6) is -0.255. The molecule has 0 unspecified atom stereocenters. The summed E-state index contributed by atoms with van der Waals surface area (Å²) in [6, 6.07) is 8.05. The number of epoxide rings is 1. The van der Waals surface area contributed by atoms with Crippen molar-refractivity contribution < 1.29 is 14.3 Å². The van der Waals surface area contributed by atoms with Crippen LogP contribution < -0.4 is 0 Å². The molecular formula is C14H18O3. The molecule has 92 valence electrons. The first-order valence-electron chi connectivity index (χ1n) is 5.99. The predicted octanol–water partition coefficient (Wildman–Crippen LogP) is 2.56. The second-order valence-electron chi connectivity index (χ2n) is 4.64. The standard InChI is InChI=1S/C14H18O3/c1-4-9-16-13(15)12-14(3,17-12)11-7-5-10(2)6-8-11/h5-8,12H,4,9H2,1-3H3/t12-,14-/m0/s1. The minimum atomic E-state index is -0.501. The highest BCUT2D eigenvalue weighted by Crippen LogP contribution is 2.46. The first-order chi connectivity index (χ1) is 8.08. The van der Waals surface area contributed by atoms with Crippen LogP contribution in [0.2, 0.25) is 0 Å². The van der Waals surface area contributed by atoms with Gasteiger partial charge in [0.05, 0.1) is 6.61 Å². The van der Waals surface area contributed by atoms with Crippen LogP contribution in [0.3, 0.4) is 0 Å². The summed E-state index contributed by atoms with van der Waals surface area (Å²) in [5.41, 5.74) is 1.73. The largest absolute Gasteiger partial charge is 0.464 e. The normalized spacial score (nSPS) is 26.6. The van der Waals surface area contributed by atoms with Gasteiger partial charge in [0.1, 0.15) is 5.60 Å². The van der Waals surface area contributed by atoms with E-state index in [1.807, 2.05) is 45.0 Å². The van der Waals surface area contributed by atoms with Crippen LogP contribution in [0.15, 0.2) is 24.3 Å². The first kappa shape index (κ1) is 12.1. The Balaban J connectivity index is 2.04. The predicted molar refractivity (Wildman–Crippen MR) is 64.7 cm³/mol. The lowest BCUT2D eigenvalue weighted by molar-refractivity contribution is -0.145. The number of hydrogen-bond acceptors (Lipinski definition) is 3. The van der Waals surface area contributed by atoms with Gasteiger partial charge in [-0.05, 0) is 25.8 Å². The zero-order chi connectivity index (χ0) is 12.5. The first-order valence-corrected chi connectivity index (χ1v) is 5.99. The van der Waals surface area contributed by atoms with Gasteiger partial charge in [-0.25, -0.2) is 4.79 Å². The van der Waals surface area contributed by atoms with Crippen LogP contribution in [0.25, 0.3) is 0 Å². The maximum atomic E-state index is 11.7. The van der Waals surface area contributed by atoms with Crippen molar-refractivity contribution in [3.63, 3.8) is 0 Å². The Morgan fingerprint density at radius 1 is 1.41 bits per heavy atom. The fraction of sp³-hybridized carbons (Fsp3) is 0.500. The van der Waals surface area contributed by atoms with Gasteiger partial charge >= 0.3 is 5.97 Å². The molecule has 1 heterocycles. The van der Waals surface area contributed by atoms with Crippen molar-refractivity contribution >= 4 is 5.97 Å². The van der Waals surface area contributed by atoms with Crippen LogP contribution in [-0.2, 0) is 19.9 Å². The van der Waals surface area contributed by atoms with Crippen molar-refractivity contribution in [1.29, 1.82) is 0 Å². The number of rotatable bonds is 4. The molecular weight excluding hydrogens is 216 g/mol. The summed E-state index contributed by atoms with van der Waals surface area (Å²) in [6.07, 6.45) is 0.386. The molecule has 0 aromatic heterocycles. The Morgan fingerprint density at radius 3 is 2.65 bits per heavy atom. The maximum absolute atomic E-state index is 11.7. The molecule has 2 atom stereocenters. The minimum absolute atomic E-state index is 0.255. The molecule has 0 aliphatic carbocycles. The van der Waals surface area contributed by atoms with E-state index in [4.69, 9.17) is 9.47 Å². The van der Waals surface area contributed by atoms with Gasteiger partial charge in [0.15, 0.2) is 6.10 Å². The lowest BCUT2D eigenvalue weighted by Crippen LogP contribution is -2.19. The lowest BCUT2D eigenvalue weighted by atomic mass is 9.96. The van der Waals surface area contributed by atoms with E-state index in [0.717, 1.165) is 12.0 Å². The number of hydrogen-bond donors (Lipinski definition) is 0. The van der Waals surface area contributed by atoms with Crippen LogP contribution in [0, 0.1) is 6.92 Å². The molecule has 3 heteroatoms. The molecule has 0 saturated carbocycles. The molecule has 1 aliphatic heterocycles. The molecule has 0 bridgehead atoms.